The van der Waals surface area contributed by atoms with Gasteiger partial charge in [-0.1, -0.05) is 16.8 Å². The van der Waals surface area contributed by atoms with E-state index in [4.69, 9.17) is 21.2 Å². The first-order chi connectivity index (χ1) is 11.4. The topological polar surface area (TPSA) is 91.0 Å². The lowest BCUT2D eigenvalue weighted by atomic mass is 10.1. The number of thiophene rings is 1. The molecule has 3 rings (SSSR count). The minimum absolute atomic E-state index is 0.124. The Labute approximate surface area is 143 Å². The molecule has 0 saturated heterocycles. The first-order valence-electron chi connectivity index (χ1n) is 6.58. The van der Waals surface area contributed by atoms with E-state index >= 15 is 0 Å². The van der Waals surface area contributed by atoms with Gasteiger partial charge in [0.25, 0.3) is 0 Å². The minimum atomic E-state index is -1.07. The van der Waals surface area contributed by atoms with Crippen LogP contribution in [0.4, 0.5) is 10.1 Å². The van der Waals surface area contributed by atoms with Crippen molar-refractivity contribution in [2.45, 2.75) is 12.5 Å². The summed E-state index contributed by atoms with van der Waals surface area (Å²) >= 11 is 7.11. The lowest BCUT2D eigenvalue weighted by Gasteiger charge is -2.08. The molecule has 2 heterocycles. The average Bonchev–Trinajstić information content (AvgIpc) is 3.15. The zero-order chi connectivity index (χ0) is 17.3. The van der Waals surface area contributed by atoms with E-state index in [0.717, 1.165) is 23.1 Å². The molecule has 1 atom stereocenters. The zero-order valence-corrected chi connectivity index (χ0v) is 13.3. The lowest BCUT2D eigenvalue weighted by Crippen LogP contribution is -2.26. The van der Waals surface area contributed by atoms with Crippen molar-refractivity contribution in [3.63, 3.8) is 0 Å². The van der Waals surface area contributed by atoms with Gasteiger partial charge in [-0.15, -0.1) is 11.3 Å². The summed E-state index contributed by atoms with van der Waals surface area (Å²) in [6.45, 7) is 0. The number of carbonyl (C=O) groups is 1. The summed E-state index contributed by atoms with van der Waals surface area (Å²) in [6, 6.07) is 6.02. The van der Waals surface area contributed by atoms with E-state index in [0.29, 0.717) is 10.0 Å². The third-order valence-electron chi connectivity index (χ3n) is 3.12. The number of nitrogens with zero attached hydrogens (tertiary/aromatic N) is 2. The van der Waals surface area contributed by atoms with Crippen molar-refractivity contribution >= 4 is 40.3 Å². The summed E-state index contributed by atoms with van der Waals surface area (Å²) in [5.41, 5.74) is -0.00322. The molecule has 1 aromatic heterocycles. The summed E-state index contributed by atoms with van der Waals surface area (Å²) in [5, 5.41) is 14.7. The van der Waals surface area contributed by atoms with Gasteiger partial charge in [-0.3, -0.25) is 10.1 Å². The number of nitro groups is 1. The maximum absolute atomic E-state index is 13.2. The van der Waals surface area contributed by atoms with Gasteiger partial charge in [-0.25, -0.2) is 9.18 Å². The molecule has 1 aliphatic rings. The maximum atomic E-state index is 13.2. The highest BCUT2D eigenvalue weighted by atomic mass is 35.5. The molecule has 7 nitrogen and oxygen atoms in total. The molecule has 0 amide bonds. The number of hydrogen-bond acceptors (Lipinski definition) is 7. The number of ether oxygens (including phenoxy) is 1. The number of nitro benzene ring substituents is 1. The molecule has 0 fully saturated rings. The maximum Gasteiger partial charge on any atom is 0.356 e. The van der Waals surface area contributed by atoms with Gasteiger partial charge in [0, 0.05) is 18.6 Å². The smallest absolute Gasteiger partial charge is 0.356 e. The highest BCUT2D eigenvalue weighted by Gasteiger charge is 2.32. The molecule has 1 aromatic carbocycles. The van der Waals surface area contributed by atoms with E-state index in [-0.39, 0.29) is 6.42 Å². The number of rotatable bonds is 4. The fourth-order valence-corrected chi connectivity index (χ4v) is 3.05. The van der Waals surface area contributed by atoms with Crippen LogP contribution in [0.3, 0.4) is 0 Å². The van der Waals surface area contributed by atoms with E-state index in [2.05, 4.69) is 5.16 Å². The molecule has 1 unspecified atom stereocenters. The summed E-state index contributed by atoms with van der Waals surface area (Å²) in [7, 11) is 0. The van der Waals surface area contributed by atoms with Crippen molar-refractivity contribution < 1.29 is 23.7 Å². The molecular formula is C14H8ClFN2O5S. The first-order valence-corrected chi connectivity index (χ1v) is 7.77. The predicted molar refractivity (Wildman–Crippen MR) is 84.0 cm³/mol. The van der Waals surface area contributed by atoms with Gasteiger partial charge >= 0.3 is 11.7 Å². The number of hydrogen-bond donors (Lipinski definition) is 0. The molecule has 0 saturated carbocycles. The standard InChI is InChI=1S/C14H8ClFN2O5S/c15-13-4-3-12(24-13)8-6-11(23-17-8)14(19)22-10-5-7(16)1-2-9(10)18(20)21/h1-5,11H,6H2. The lowest BCUT2D eigenvalue weighted by molar-refractivity contribution is -0.385. The molecule has 0 aliphatic carbocycles. The van der Waals surface area contributed by atoms with Gasteiger partial charge in [-0.2, -0.15) is 0 Å². The number of esters is 1. The van der Waals surface area contributed by atoms with Crippen LogP contribution < -0.4 is 4.74 Å². The first kappa shape index (κ1) is 16.3. The van der Waals surface area contributed by atoms with Gasteiger partial charge in [0.1, 0.15) is 11.5 Å². The van der Waals surface area contributed by atoms with Crippen LogP contribution in [-0.4, -0.2) is 22.7 Å². The average molecular weight is 371 g/mol. The number of halogens is 2. The van der Waals surface area contributed by atoms with Crippen LogP contribution in [0.5, 0.6) is 5.75 Å². The Bertz CT molecular complexity index is 853. The van der Waals surface area contributed by atoms with Crippen molar-refractivity contribution in [2.75, 3.05) is 0 Å². The Kier molecular flexibility index (Phi) is 4.45. The van der Waals surface area contributed by atoms with Crippen LogP contribution in [0, 0.1) is 15.9 Å². The van der Waals surface area contributed by atoms with Gasteiger partial charge in [0.15, 0.2) is 0 Å². The monoisotopic (exact) mass is 370 g/mol. The third-order valence-corrected chi connectivity index (χ3v) is 4.40. The van der Waals surface area contributed by atoms with Crippen molar-refractivity contribution in [3.8, 4) is 5.75 Å². The summed E-state index contributed by atoms with van der Waals surface area (Å²) in [6.07, 6.45) is -0.942. The van der Waals surface area contributed by atoms with Gasteiger partial charge in [0.2, 0.25) is 11.9 Å². The molecule has 0 spiro atoms. The fourth-order valence-electron chi connectivity index (χ4n) is 2.01. The molecule has 24 heavy (non-hydrogen) atoms. The zero-order valence-electron chi connectivity index (χ0n) is 11.8. The Morgan fingerprint density at radius 2 is 2.25 bits per heavy atom. The fraction of sp³-hybridized carbons (Fsp3) is 0.143. The van der Waals surface area contributed by atoms with Crippen molar-refractivity contribution in [2.24, 2.45) is 5.16 Å². The molecule has 0 bridgehead atoms. The minimum Gasteiger partial charge on any atom is -0.416 e. The third kappa shape index (κ3) is 3.36. The molecule has 1 aliphatic heterocycles. The van der Waals surface area contributed by atoms with Gasteiger partial charge < -0.3 is 9.57 Å². The quantitative estimate of drug-likeness (QED) is 0.355. The molecule has 0 N–H and O–H groups in total. The van der Waals surface area contributed by atoms with E-state index < -0.39 is 34.3 Å². The Hall–Kier alpha value is -2.52. The van der Waals surface area contributed by atoms with Crippen LogP contribution in [0.1, 0.15) is 11.3 Å². The second-order valence-corrected chi connectivity index (χ2v) is 6.45. The van der Waals surface area contributed by atoms with Gasteiger partial charge in [-0.05, 0) is 18.2 Å². The number of carbonyl (C=O) groups excluding carboxylic acids is 1. The Morgan fingerprint density at radius 1 is 1.46 bits per heavy atom. The SMILES string of the molecule is O=C(Oc1cc(F)ccc1[N+](=O)[O-])C1CC(c2ccc(Cl)s2)=NO1. The van der Waals surface area contributed by atoms with E-state index in [9.17, 15) is 19.3 Å². The van der Waals surface area contributed by atoms with Crippen molar-refractivity contribution in [3.05, 3.63) is 55.5 Å². The van der Waals surface area contributed by atoms with Gasteiger partial charge in [0.05, 0.1) is 14.1 Å². The molecule has 2 aromatic rings. The molecule has 124 valence electrons. The Morgan fingerprint density at radius 3 is 2.92 bits per heavy atom. The number of benzene rings is 1. The largest absolute Gasteiger partial charge is 0.416 e. The molecule has 0 radical (unpaired) electrons. The Balaban J connectivity index is 1.71. The molecule has 10 heteroatoms. The van der Waals surface area contributed by atoms with Crippen LogP contribution in [0.25, 0.3) is 0 Å². The number of oxime groups is 1. The summed E-state index contributed by atoms with van der Waals surface area (Å²) < 4.78 is 18.7. The second kappa shape index (κ2) is 6.54. The van der Waals surface area contributed by atoms with E-state index in [1.54, 1.807) is 12.1 Å². The highest BCUT2D eigenvalue weighted by molar-refractivity contribution is 7.18. The van der Waals surface area contributed by atoms with Crippen molar-refractivity contribution in [1.82, 2.24) is 0 Å². The van der Waals surface area contributed by atoms with Crippen molar-refractivity contribution in [1.29, 1.82) is 0 Å². The second-order valence-electron chi connectivity index (χ2n) is 4.73. The van der Waals surface area contributed by atoms with Crippen LogP contribution >= 0.6 is 22.9 Å². The van der Waals surface area contributed by atoms with Crippen LogP contribution in [0.2, 0.25) is 4.34 Å². The highest BCUT2D eigenvalue weighted by Crippen LogP contribution is 2.30. The summed E-state index contributed by atoms with van der Waals surface area (Å²) in [5.74, 6) is -2.15. The summed E-state index contributed by atoms with van der Waals surface area (Å²) in [4.78, 5) is 28.0. The van der Waals surface area contributed by atoms with Crippen LogP contribution in [-0.2, 0) is 9.63 Å². The molecular weight excluding hydrogens is 363 g/mol. The van der Waals surface area contributed by atoms with E-state index in [1.807, 2.05) is 0 Å². The normalized spacial score (nSPS) is 16.4. The van der Waals surface area contributed by atoms with Crippen LogP contribution in [0.15, 0.2) is 35.5 Å². The van der Waals surface area contributed by atoms with E-state index in [1.165, 1.54) is 11.3 Å². The predicted octanol–water partition coefficient (Wildman–Crippen LogP) is 3.55.